The third-order valence-electron chi connectivity index (χ3n) is 4.12. The summed E-state index contributed by atoms with van der Waals surface area (Å²) in [5.74, 6) is -0.882. The van der Waals surface area contributed by atoms with Gasteiger partial charge >= 0.3 is 0 Å². The Kier molecular flexibility index (Phi) is 6.86. The number of hydrogen-bond acceptors (Lipinski definition) is 7. The molecule has 3 rings (SSSR count). The third-order valence-corrected chi connectivity index (χ3v) is 6.62. The summed E-state index contributed by atoms with van der Waals surface area (Å²) in [5.41, 5.74) is 2.27. The monoisotopic (exact) mass is 462 g/mol. The van der Waals surface area contributed by atoms with Crippen LogP contribution >= 0.6 is 22.9 Å². The lowest BCUT2D eigenvalue weighted by Gasteiger charge is -2.10. The van der Waals surface area contributed by atoms with Gasteiger partial charge in [0.2, 0.25) is 15.2 Å². The lowest BCUT2D eigenvalue weighted by molar-refractivity contribution is 0.0981. The summed E-state index contributed by atoms with van der Waals surface area (Å²) in [6.45, 7) is 1.46. The molecule has 0 fully saturated rings. The number of thiazole rings is 1. The van der Waals surface area contributed by atoms with E-state index in [4.69, 9.17) is 11.6 Å². The van der Waals surface area contributed by atoms with E-state index in [9.17, 15) is 13.2 Å². The Hall–Kier alpha value is -2.75. The SMILES string of the molecule is CCS(=O)(=O)NC(=O)c1ccccc1C=NN(C)c1nc(-c2ccccc2Cl)cs1. The highest BCUT2D eigenvalue weighted by atomic mass is 35.5. The van der Waals surface area contributed by atoms with Gasteiger partial charge in [0, 0.05) is 34.1 Å². The molecule has 0 aliphatic carbocycles. The van der Waals surface area contributed by atoms with Gasteiger partial charge in [0.1, 0.15) is 0 Å². The number of hydrazone groups is 1. The number of halogens is 1. The highest BCUT2D eigenvalue weighted by molar-refractivity contribution is 7.90. The van der Waals surface area contributed by atoms with Crippen molar-refractivity contribution in [3.05, 3.63) is 70.1 Å². The van der Waals surface area contributed by atoms with E-state index in [1.165, 1.54) is 24.5 Å². The molecule has 30 heavy (non-hydrogen) atoms. The number of hydrogen-bond donors (Lipinski definition) is 1. The zero-order chi connectivity index (χ0) is 21.7. The summed E-state index contributed by atoms with van der Waals surface area (Å²) in [4.78, 5) is 16.9. The van der Waals surface area contributed by atoms with Crippen molar-refractivity contribution in [1.29, 1.82) is 0 Å². The minimum atomic E-state index is -3.66. The summed E-state index contributed by atoms with van der Waals surface area (Å²) < 4.78 is 25.4. The van der Waals surface area contributed by atoms with Crippen LogP contribution in [0.5, 0.6) is 0 Å². The molecule has 3 aromatic rings. The summed E-state index contributed by atoms with van der Waals surface area (Å²) in [7, 11) is -1.93. The van der Waals surface area contributed by atoms with E-state index in [2.05, 4.69) is 10.1 Å². The van der Waals surface area contributed by atoms with Gasteiger partial charge in [-0.3, -0.25) is 4.79 Å². The molecule has 0 saturated heterocycles. The molecule has 1 N–H and O–H groups in total. The number of nitrogens with one attached hydrogen (secondary N) is 1. The van der Waals surface area contributed by atoms with Gasteiger partial charge < -0.3 is 0 Å². The molecular weight excluding hydrogens is 444 g/mol. The molecule has 0 radical (unpaired) electrons. The first kappa shape index (κ1) is 21.9. The average molecular weight is 463 g/mol. The molecule has 1 aromatic heterocycles. The van der Waals surface area contributed by atoms with E-state index in [0.29, 0.717) is 15.7 Å². The smallest absolute Gasteiger partial charge is 0.265 e. The first-order valence-corrected chi connectivity index (χ1v) is 11.8. The number of nitrogens with zero attached hydrogens (tertiary/aromatic N) is 3. The quantitative estimate of drug-likeness (QED) is 0.423. The predicted octanol–water partition coefficient (Wildman–Crippen LogP) is 4.01. The Labute approximate surface area is 184 Å². The van der Waals surface area contributed by atoms with E-state index in [1.54, 1.807) is 42.4 Å². The van der Waals surface area contributed by atoms with E-state index in [1.807, 2.05) is 28.3 Å². The molecule has 0 saturated carbocycles. The van der Waals surface area contributed by atoms with Gasteiger partial charge in [-0.15, -0.1) is 11.3 Å². The maximum atomic E-state index is 12.4. The van der Waals surface area contributed by atoms with Crippen molar-refractivity contribution < 1.29 is 13.2 Å². The predicted molar refractivity (Wildman–Crippen MR) is 122 cm³/mol. The first-order valence-electron chi connectivity index (χ1n) is 8.92. The van der Waals surface area contributed by atoms with Crippen molar-refractivity contribution in [3.63, 3.8) is 0 Å². The number of anilines is 1. The van der Waals surface area contributed by atoms with Crippen molar-refractivity contribution in [1.82, 2.24) is 9.71 Å². The molecular formula is C20H19ClN4O3S2. The standard InChI is InChI=1S/C20H19ClN4O3S2/c1-3-30(27,28)24-19(26)15-9-5-4-8-14(15)12-22-25(2)20-23-18(13-29-20)16-10-6-7-11-17(16)21/h4-13H,3H2,1-2H3,(H,24,26). The Bertz CT molecular complexity index is 1190. The molecule has 0 aliphatic rings. The van der Waals surface area contributed by atoms with Crippen molar-refractivity contribution >= 4 is 50.2 Å². The topological polar surface area (TPSA) is 91.7 Å². The summed E-state index contributed by atoms with van der Waals surface area (Å²) >= 11 is 7.63. The number of aromatic nitrogens is 1. The number of sulfonamides is 1. The van der Waals surface area contributed by atoms with Gasteiger partial charge in [-0.25, -0.2) is 23.1 Å². The summed E-state index contributed by atoms with van der Waals surface area (Å²) in [5, 5.41) is 9.06. The minimum absolute atomic E-state index is 0.185. The first-order chi connectivity index (χ1) is 14.3. The van der Waals surface area contributed by atoms with Gasteiger partial charge in [-0.05, 0) is 19.1 Å². The van der Waals surface area contributed by atoms with Crippen molar-refractivity contribution in [2.75, 3.05) is 17.8 Å². The van der Waals surface area contributed by atoms with Crippen LogP contribution in [0.4, 0.5) is 5.13 Å². The molecule has 0 spiro atoms. The largest absolute Gasteiger partial charge is 0.268 e. The van der Waals surface area contributed by atoms with Crippen LogP contribution < -0.4 is 9.73 Å². The van der Waals surface area contributed by atoms with Gasteiger partial charge in [0.25, 0.3) is 5.91 Å². The van der Waals surface area contributed by atoms with Gasteiger partial charge in [-0.1, -0.05) is 48.0 Å². The number of rotatable bonds is 7. The minimum Gasteiger partial charge on any atom is -0.268 e. The summed E-state index contributed by atoms with van der Waals surface area (Å²) in [6.07, 6.45) is 1.49. The number of benzene rings is 2. The van der Waals surface area contributed by atoms with Crippen molar-refractivity contribution in [2.45, 2.75) is 6.92 Å². The molecule has 1 amide bonds. The highest BCUT2D eigenvalue weighted by Gasteiger charge is 2.16. The molecule has 0 unspecified atom stereocenters. The fraction of sp³-hybridized carbons (Fsp3) is 0.150. The highest BCUT2D eigenvalue weighted by Crippen LogP contribution is 2.31. The Morgan fingerprint density at radius 2 is 1.93 bits per heavy atom. The van der Waals surface area contributed by atoms with Crippen LogP contribution in [0, 0.1) is 0 Å². The van der Waals surface area contributed by atoms with Crippen LogP contribution in [0.1, 0.15) is 22.8 Å². The second kappa shape index (κ2) is 9.38. The molecule has 7 nitrogen and oxygen atoms in total. The Morgan fingerprint density at radius 1 is 1.23 bits per heavy atom. The van der Waals surface area contributed by atoms with E-state index < -0.39 is 15.9 Å². The number of carbonyl (C=O) groups excluding carboxylic acids is 1. The molecule has 156 valence electrons. The molecule has 10 heteroatoms. The van der Waals surface area contributed by atoms with Gasteiger partial charge in [0.05, 0.1) is 17.7 Å². The van der Waals surface area contributed by atoms with Crippen LogP contribution in [0.15, 0.2) is 59.0 Å². The Morgan fingerprint density at radius 3 is 2.67 bits per heavy atom. The molecule has 0 atom stereocenters. The second-order valence-electron chi connectivity index (χ2n) is 6.19. The zero-order valence-corrected chi connectivity index (χ0v) is 18.6. The Balaban J connectivity index is 1.80. The fourth-order valence-corrected chi connectivity index (χ4v) is 4.01. The van der Waals surface area contributed by atoms with Crippen LogP contribution in [0.3, 0.4) is 0 Å². The van der Waals surface area contributed by atoms with Crippen LogP contribution in [-0.4, -0.2) is 38.3 Å². The maximum absolute atomic E-state index is 12.4. The molecule has 2 aromatic carbocycles. The average Bonchev–Trinajstić information content (AvgIpc) is 3.22. The van der Waals surface area contributed by atoms with Crippen molar-refractivity contribution in [3.8, 4) is 11.3 Å². The lowest BCUT2D eigenvalue weighted by Crippen LogP contribution is -2.32. The van der Waals surface area contributed by atoms with E-state index >= 15 is 0 Å². The summed E-state index contributed by atoms with van der Waals surface area (Å²) in [6, 6.07) is 14.1. The number of carbonyl (C=O) groups is 1. The maximum Gasteiger partial charge on any atom is 0.265 e. The third kappa shape index (κ3) is 5.24. The zero-order valence-electron chi connectivity index (χ0n) is 16.2. The van der Waals surface area contributed by atoms with Crippen LogP contribution in [0.25, 0.3) is 11.3 Å². The molecule has 0 bridgehead atoms. The molecule has 1 heterocycles. The fourth-order valence-electron chi connectivity index (χ4n) is 2.49. The van der Waals surface area contributed by atoms with Crippen LogP contribution in [0.2, 0.25) is 5.02 Å². The van der Waals surface area contributed by atoms with E-state index in [-0.39, 0.29) is 11.3 Å². The van der Waals surface area contributed by atoms with Gasteiger partial charge in [0.15, 0.2) is 0 Å². The lowest BCUT2D eigenvalue weighted by atomic mass is 10.1. The second-order valence-corrected chi connectivity index (χ2v) is 9.44. The normalized spacial score (nSPS) is 11.6. The molecule has 0 aliphatic heterocycles. The van der Waals surface area contributed by atoms with Gasteiger partial charge in [-0.2, -0.15) is 5.10 Å². The number of amides is 1. The van der Waals surface area contributed by atoms with Crippen molar-refractivity contribution in [2.24, 2.45) is 5.10 Å². The van der Waals surface area contributed by atoms with Crippen LogP contribution in [-0.2, 0) is 10.0 Å². The van der Waals surface area contributed by atoms with E-state index in [0.717, 1.165) is 11.3 Å².